The van der Waals surface area contributed by atoms with Gasteiger partial charge in [0.2, 0.25) is 0 Å². The van der Waals surface area contributed by atoms with Crippen LogP contribution < -0.4 is 4.74 Å². The van der Waals surface area contributed by atoms with E-state index < -0.39 is 0 Å². The van der Waals surface area contributed by atoms with Crippen molar-refractivity contribution in [3.8, 4) is 5.75 Å². The van der Waals surface area contributed by atoms with Gasteiger partial charge < -0.3 is 9.15 Å². The Balaban J connectivity index is 1.41. The van der Waals surface area contributed by atoms with E-state index in [1.165, 1.54) is 6.08 Å². The van der Waals surface area contributed by atoms with E-state index in [0.717, 1.165) is 21.0 Å². The Bertz CT molecular complexity index is 1160. The molecule has 0 atom stereocenters. The van der Waals surface area contributed by atoms with Crippen molar-refractivity contribution in [1.82, 2.24) is 0 Å². The summed E-state index contributed by atoms with van der Waals surface area (Å²) in [5, 5.41) is 2.16. The van der Waals surface area contributed by atoms with Gasteiger partial charge >= 0.3 is 0 Å². The second-order valence-corrected chi connectivity index (χ2v) is 7.23. The van der Waals surface area contributed by atoms with Gasteiger partial charge in [0.25, 0.3) is 0 Å². The molecule has 0 saturated carbocycles. The number of halogens is 1. The first-order chi connectivity index (χ1) is 13.7. The Morgan fingerprint density at radius 1 is 0.929 bits per heavy atom. The van der Waals surface area contributed by atoms with E-state index in [2.05, 4.69) is 15.9 Å². The highest BCUT2D eigenvalue weighted by Gasteiger charge is 2.05. The van der Waals surface area contributed by atoms with Gasteiger partial charge in [0.1, 0.15) is 23.9 Å². The lowest BCUT2D eigenvalue weighted by atomic mass is 10.0. The SMILES string of the molecule is O=C(/C=C/c1ccc(COc2cccc(Br)c2)o1)c1ccc2ccccc2c1. The van der Waals surface area contributed by atoms with E-state index >= 15 is 0 Å². The average Bonchev–Trinajstić information content (AvgIpc) is 3.18. The topological polar surface area (TPSA) is 39.4 Å². The van der Waals surface area contributed by atoms with E-state index in [9.17, 15) is 4.79 Å². The third kappa shape index (κ3) is 4.41. The highest BCUT2D eigenvalue weighted by molar-refractivity contribution is 9.10. The molecule has 4 aromatic rings. The Kier molecular flexibility index (Phi) is 5.40. The normalized spacial score (nSPS) is 11.2. The molecule has 0 amide bonds. The molecular formula is C24H17BrO3. The Morgan fingerprint density at radius 2 is 1.79 bits per heavy atom. The molecule has 4 heteroatoms. The van der Waals surface area contributed by atoms with Crippen LogP contribution in [-0.4, -0.2) is 5.78 Å². The van der Waals surface area contributed by atoms with E-state index in [4.69, 9.17) is 9.15 Å². The van der Waals surface area contributed by atoms with Gasteiger partial charge in [-0.1, -0.05) is 58.4 Å². The zero-order valence-corrected chi connectivity index (χ0v) is 16.6. The standard InChI is InChI=1S/C24H17BrO3/c25-20-6-3-7-22(15-20)27-16-23-11-10-21(28-23)12-13-24(26)19-9-8-17-4-1-2-5-18(17)14-19/h1-15H,16H2/b13-12+. The summed E-state index contributed by atoms with van der Waals surface area (Å²) in [5.74, 6) is 2.00. The minimum absolute atomic E-state index is 0.0610. The van der Waals surface area contributed by atoms with Gasteiger partial charge in [-0.05, 0) is 59.3 Å². The second-order valence-electron chi connectivity index (χ2n) is 6.31. The van der Waals surface area contributed by atoms with Crippen molar-refractivity contribution in [2.45, 2.75) is 6.61 Å². The van der Waals surface area contributed by atoms with Crippen molar-refractivity contribution in [3.63, 3.8) is 0 Å². The molecule has 0 radical (unpaired) electrons. The van der Waals surface area contributed by atoms with Gasteiger partial charge in [0.15, 0.2) is 5.78 Å². The molecule has 1 heterocycles. The number of hydrogen-bond acceptors (Lipinski definition) is 3. The number of carbonyl (C=O) groups excluding carboxylic acids is 1. The molecule has 0 aliphatic carbocycles. The molecule has 3 aromatic carbocycles. The van der Waals surface area contributed by atoms with Gasteiger partial charge in [0.05, 0.1) is 0 Å². The van der Waals surface area contributed by atoms with E-state index in [0.29, 0.717) is 23.7 Å². The summed E-state index contributed by atoms with van der Waals surface area (Å²) in [6.07, 6.45) is 3.21. The van der Waals surface area contributed by atoms with Gasteiger partial charge in [0, 0.05) is 10.0 Å². The van der Waals surface area contributed by atoms with Crippen LogP contribution in [0.25, 0.3) is 16.8 Å². The first kappa shape index (κ1) is 18.3. The van der Waals surface area contributed by atoms with Gasteiger partial charge in [-0.15, -0.1) is 0 Å². The summed E-state index contributed by atoms with van der Waals surface area (Å²) in [7, 11) is 0. The van der Waals surface area contributed by atoms with Crippen LogP contribution in [0.2, 0.25) is 0 Å². The average molecular weight is 433 g/mol. The number of hydrogen-bond donors (Lipinski definition) is 0. The van der Waals surface area contributed by atoms with Crippen LogP contribution in [-0.2, 0) is 6.61 Å². The first-order valence-corrected chi connectivity index (χ1v) is 9.65. The molecule has 0 aliphatic rings. The highest BCUT2D eigenvalue weighted by Crippen LogP contribution is 2.20. The van der Waals surface area contributed by atoms with Crippen LogP contribution in [0.4, 0.5) is 0 Å². The summed E-state index contributed by atoms with van der Waals surface area (Å²) >= 11 is 3.41. The molecule has 0 aliphatic heterocycles. The van der Waals surface area contributed by atoms with Crippen molar-refractivity contribution in [2.75, 3.05) is 0 Å². The zero-order chi connectivity index (χ0) is 19.3. The summed E-state index contributed by atoms with van der Waals surface area (Å²) in [6, 6.07) is 25.0. The molecule has 28 heavy (non-hydrogen) atoms. The number of ether oxygens (including phenoxy) is 1. The van der Waals surface area contributed by atoms with E-state index in [1.54, 1.807) is 6.08 Å². The van der Waals surface area contributed by atoms with Crippen LogP contribution in [0.1, 0.15) is 21.9 Å². The molecule has 138 valence electrons. The fourth-order valence-corrected chi connectivity index (χ4v) is 3.25. The third-order valence-corrected chi connectivity index (χ3v) is 4.79. The molecule has 0 unspecified atom stereocenters. The number of allylic oxidation sites excluding steroid dienone is 1. The zero-order valence-electron chi connectivity index (χ0n) is 15.0. The maximum absolute atomic E-state index is 12.5. The molecule has 4 rings (SSSR count). The largest absolute Gasteiger partial charge is 0.486 e. The van der Waals surface area contributed by atoms with E-state index in [1.807, 2.05) is 78.9 Å². The Hall–Kier alpha value is -3.11. The van der Waals surface area contributed by atoms with Crippen LogP contribution in [0, 0.1) is 0 Å². The van der Waals surface area contributed by atoms with Crippen LogP contribution in [0.3, 0.4) is 0 Å². The number of benzene rings is 3. The molecule has 3 nitrogen and oxygen atoms in total. The van der Waals surface area contributed by atoms with Gasteiger partial charge in [-0.3, -0.25) is 4.79 Å². The lowest BCUT2D eigenvalue weighted by molar-refractivity contribution is 0.104. The molecule has 0 spiro atoms. The maximum Gasteiger partial charge on any atom is 0.185 e. The smallest absolute Gasteiger partial charge is 0.185 e. The van der Waals surface area contributed by atoms with Crippen molar-refractivity contribution in [2.24, 2.45) is 0 Å². The van der Waals surface area contributed by atoms with Crippen LogP contribution in [0.15, 0.2) is 93.8 Å². The van der Waals surface area contributed by atoms with E-state index in [-0.39, 0.29) is 5.78 Å². The molecule has 0 N–H and O–H groups in total. The number of furan rings is 1. The van der Waals surface area contributed by atoms with Crippen molar-refractivity contribution in [3.05, 3.63) is 106 Å². The number of fused-ring (bicyclic) bond motifs is 1. The van der Waals surface area contributed by atoms with Crippen molar-refractivity contribution < 1.29 is 13.9 Å². The second kappa shape index (κ2) is 8.28. The predicted molar refractivity (Wildman–Crippen MR) is 114 cm³/mol. The van der Waals surface area contributed by atoms with Crippen molar-refractivity contribution in [1.29, 1.82) is 0 Å². The predicted octanol–water partition coefficient (Wildman–Crippen LogP) is 6.67. The fraction of sp³-hybridized carbons (Fsp3) is 0.0417. The lowest BCUT2D eigenvalue weighted by Crippen LogP contribution is -1.94. The van der Waals surface area contributed by atoms with Gasteiger partial charge in [-0.25, -0.2) is 0 Å². The Labute approximate surface area is 171 Å². The number of ketones is 1. The molecule has 0 bridgehead atoms. The minimum atomic E-state index is -0.0610. The molecular weight excluding hydrogens is 416 g/mol. The summed E-state index contributed by atoms with van der Waals surface area (Å²) < 4.78 is 12.4. The Morgan fingerprint density at radius 3 is 2.64 bits per heavy atom. The van der Waals surface area contributed by atoms with Crippen LogP contribution in [0.5, 0.6) is 5.75 Å². The van der Waals surface area contributed by atoms with Crippen LogP contribution >= 0.6 is 15.9 Å². The summed E-state index contributed by atoms with van der Waals surface area (Å²) in [6.45, 7) is 0.322. The maximum atomic E-state index is 12.5. The summed E-state index contributed by atoms with van der Waals surface area (Å²) in [5.41, 5.74) is 0.653. The van der Waals surface area contributed by atoms with Gasteiger partial charge in [-0.2, -0.15) is 0 Å². The molecule has 0 saturated heterocycles. The first-order valence-electron chi connectivity index (χ1n) is 8.86. The minimum Gasteiger partial charge on any atom is -0.486 e. The highest BCUT2D eigenvalue weighted by atomic mass is 79.9. The monoisotopic (exact) mass is 432 g/mol. The quantitative estimate of drug-likeness (QED) is 0.252. The number of rotatable bonds is 6. The molecule has 1 aromatic heterocycles. The summed E-state index contributed by atoms with van der Waals surface area (Å²) in [4.78, 5) is 12.5. The lowest BCUT2D eigenvalue weighted by Gasteiger charge is -2.04. The number of carbonyl (C=O) groups is 1. The molecule has 0 fully saturated rings. The fourth-order valence-electron chi connectivity index (χ4n) is 2.87. The third-order valence-electron chi connectivity index (χ3n) is 4.29. The van der Waals surface area contributed by atoms with Crippen molar-refractivity contribution >= 4 is 38.6 Å².